The number of anilines is 1. The smallest absolute Gasteiger partial charge is 0.147 e. The second-order valence-corrected chi connectivity index (χ2v) is 4.28. The van der Waals surface area contributed by atoms with Gasteiger partial charge in [-0.3, -0.25) is 0 Å². The number of rotatable bonds is 5. The Kier molecular flexibility index (Phi) is 4.17. The van der Waals surface area contributed by atoms with E-state index in [1.165, 1.54) is 0 Å². The Labute approximate surface area is 110 Å². The first-order chi connectivity index (χ1) is 8.69. The molecule has 2 rings (SSSR count). The normalized spacial score (nSPS) is 12.4. The summed E-state index contributed by atoms with van der Waals surface area (Å²) in [6.07, 6.45) is 1.14. The predicted molar refractivity (Wildman–Crippen MR) is 71.3 cm³/mol. The molecular weight excluding hydrogens is 252 g/mol. The highest BCUT2D eigenvalue weighted by Gasteiger charge is 2.02. The van der Waals surface area contributed by atoms with Crippen LogP contribution in [0.15, 0.2) is 30.6 Å². The Balaban J connectivity index is 2.01. The van der Waals surface area contributed by atoms with Gasteiger partial charge in [0.15, 0.2) is 0 Å². The molecule has 1 aromatic heterocycles. The van der Waals surface area contributed by atoms with Crippen LogP contribution in [0.4, 0.5) is 5.69 Å². The molecule has 0 radical (unpaired) electrons. The van der Waals surface area contributed by atoms with Crippen LogP contribution >= 0.6 is 11.6 Å². The predicted octanol–water partition coefficient (Wildman–Crippen LogP) is 1.59. The van der Waals surface area contributed by atoms with E-state index in [9.17, 15) is 5.11 Å². The van der Waals surface area contributed by atoms with Crippen molar-refractivity contribution in [1.82, 2.24) is 14.8 Å². The second kappa shape index (κ2) is 5.84. The van der Waals surface area contributed by atoms with Gasteiger partial charge in [0.25, 0.3) is 0 Å². The highest BCUT2D eigenvalue weighted by Crippen LogP contribution is 2.12. The lowest BCUT2D eigenvalue weighted by Gasteiger charge is -2.10. The summed E-state index contributed by atoms with van der Waals surface area (Å²) < 4.78 is 1.72. The molecular formula is C12H15ClN4O. The van der Waals surface area contributed by atoms with Gasteiger partial charge in [-0.2, -0.15) is 5.10 Å². The van der Waals surface area contributed by atoms with Gasteiger partial charge in [0.2, 0.25) is 0 Å². The molecule has 0 aliphatic heterocycles. The van der Waals surface area contributed by atoms with Crippen molar-refractivity contribution in [2.24, 2.45) is 0 Å². The average Bonchev–Trinajstić information content (AvgIpc) is 2.83. The third kappa shape index (κ3) is 3.21. The average molecular weight is 267 g/mol. The minimum atomic E-state index is -0.538. The van der Waals surface area contributed by atoms with E-state index in [-0.39, 0.29) is 5.88 Å². The third-order valence-electron chi connectivity index (χ3n) is 2.46. The van der Waals surface area contributed by atoms with Gasteiger partial charge in [-0.05, 0) is 31.2 Å². The first kappa shape index (κ1) is 12.9. The zero-order chi connectivity index (χ0) is 13.0. The van der Waals surface area contributed by atoms with Gasteiger partial charge in [-0.15, -0.1) is 11.6 Å². The Morgan fingerprint density at radius 2 is 2.11 bits per heavy atom. The van der Waals surface area contributed by atoms with Gasteiger partial charge in [0.05, 0.1) is 17.7 Å². The molecule has 1 heterocycles. The van der Waals surface area contributed by atoms with Crippen LogP contribution in [-0.4, -0.2) is 38.4 Å². The van der Waals surface area contributed by atoms with Crippen molar-refractivity contribution in [3.05, 3.63) is 36.4 Å². The summed E-state index contributed by atoms with van der Waals surface area (Å²) in [5.41, 5.74) is 1.87. The van der Waals surface area contributed by atoms with E-state index < -0.39 is 6.10 Å². The van der Waals surface area contributed by atoms with Crippen molar-refractivity contribution < 1.29 is 5.11 Å². The van der Waals surface area contributed by atoms with Crippen LogP contribution in [-0.2, 0) is 0 Å². The number of nitrogens with one attached hydrogen (secondary N) is 1. The number of aromatic nitrogens is 3. The van der Waals surface area contributed by atoms with Gasteiger partial charge in [0, 0.05) is 12.2 Å². The topological polar surface area (TPSA) is 63.0 Å². The monoisotopic (exact) mass is 266 g/mol. The summed E-state index contributed by atoms with van der Waals surface area (Å²) >= 11 is 5.52. The van der Waals surface area contributed by atoms with Crippen LogP contribution in [0.25, 0.3) is 5.69 Å². The standard InChI is InChI=1S/C12H15ClN4O/c1-9-15-8-17(16-9)11-4-2-10(3-5-11)14-7-12(18)6-13/h2-5,8,12,14,18H,6-7H2,1H3. The molecule has 1 unspecified atom stereocenters. The summed E-state index contributed by atoms with van der Waals surface area (Å²) in [6.45, 7) is 2.28. The summed E-state index contributed by atoms with van der Waals surface area (Å²) in [4.78, 5) is 4.07. The fourth-order valence-electron chi connectivity index (χ4n) is 1.49. The lowest BCUT2D eigenvalue weighted by atomic mass is 10.2. The maximum Gasteiger partial charge on any atom is 0.147 e. The molecule has 5 nitrogen and oxygen atoms in total. The van der Waals surface area contributed by atoms with Gasteiger partial charge in [0.1, 0.15) is 12.2 Å². The van der Waals surface area contributed by atoms with E-state index in [0.717, 1.165) is 17.2 Å². The van der Waals surface area contributed by atoms with E-state index in [2.05, 4.69) is 15.4 Å². The molecule has 0 aliphatic rings. The van der Waals surface area contributed by atoms with Crippen LogP contribution in [0.1, 0.15) is 5.82 Å². The molecule has 0 spiro atoms. The zero-order valence-electron chi connectivity index (χ0n) is 10.0. The van der Waals surface area contributed by atoms with Crippen molar-refractivity contribution >= 4 is 17.3 Å². The van der Waals surface area contributed by atoms with Gasteiger partial charge in [-0.1, -0.05) is 0 Å². The van der Waals surface area contributed by atoms with Crippen LogP contribution in [0.5, 0.6) is 0 Å². The van der Waals surface area contributed by atoms with Crippen molar-refractivity contribution in [3.8, 4) is 5.69 Å². The number of halogens is 1. The minimum absolute atomic E-state index is 0.226. The molecule has 0 bridgehead atoms. The lowest BCUT2D eigenvalue weighted by molar-refractivity contribution is 0.211. The van der Waals surface area contributed by atoms with Crippen LogP contribution in [0.3, 0.4) is 0 Å². The number of alkyl halides is 1. The fraction of sp³-hybridized carbons (Fsp3) is 0.333. The molecule has 2 aromatic rings. The maximum atomic E-state index is 9.34. The minimum Gasteiger partial charge on any atom is -0.390 e. The largest absolute Gasteiger partial charge is 0.390 e. The van der Waals surface area contributed by atoms with Crippen molar-refractivity contribution in [3.63, 3.8) is 0 Å². The Morgan fingerprint density at radius 3 is 2.67 bits per heavy atom. The number of nitrogens with zero attached hydrogens (tertiary/aromatic N) is 3. The van der Waals surface area contributed by atoms with Crippen LogP contribution in [0.2, 0.25) is 0 Å². The molecule has 0 saturated heterocycles. The molecule has 0 amide bonds. The number of hydrogen-bond acceptors (Lipinski definition) is 4. The molecule has 1 aromatic carbocycles. The maximum absolute atomic E-state index is 9.34. The van der Waals surface area contributed by atoms with E-state index in [1.54, 1.807) is 11.0 Å². The van der Waals surface area contributed by atoms with Crippen molar-refractivity contribution in [2.45, 2.75) is 13.0 Å². The molecule has 96 valence electrons. The summed E-state index contributed by atoms with van der Waals surface area (Å²) in [5, 5.41) is 16.7. The summed E-state index contributed by atoms with van der Waals surface area (Å²) in [6, 6.07) is 7.72. The zero-order valence-corrected chi connectivity index (χ0v) is 10.8. The molecule has 0 fully saturated rings. The molecule has 6 heteroatoms. The third-order valence-corrected chi connectivity index (χ3v) is 2.81. The molecule has 2 N–H and O–H groups in total. The first-order valence-corrected chi connectivity index (χ1v) is 6.19. The Morgan fingerprint density at radius 1 is 1.39 bits per heavy atom. The highest BCUT2D eigenvalue weighted by molar-refractivity contribution is 6.18. The Hall–Kier alpha value is -1.59. The summed E-state index contributed by atoms with van der Waals surface area (Å²) in [7, 11) is 0. The first-order valence-electron chi connectivity index (χ1n) is 5.65. The lowest BCUT2D eigenvalue weighted by Crippen LogP contribution is -2.20. The number of aryl methyl sites for hydroxylation is 1. The van der Waals surface area contributed by atoms with E-state index in [4.69, 9.17) is 11.6 Å². The van der Waals surface area contributed by atoms with Gasteiger partial charge < -0.3 is 10.4 Å². The van der Waals surface area contributed by atoms with Crippen LogP contribution in [0, 0.1) is 6.92 Å². The van der Waals surface area contributed by atoms with Crippen molar-refractivity contribution in [1.29, 1.82) is 0 Å². The SMILES string of the molecule is Cc1ncn(-c2ccc(NCC(O)CCl)cc2)n1. The number of hydrogen-bond donors (Lipinski definition) is 2. The number of benzene rings is 1. The van der Waals surface area contributed by atoms with E-state index in [0.29, 0.717) is 6.54 Å². The molecule has 18 heavy (non-hydrogen) atoms. The van der Waals surface area contributed by atoms with Crippen LogP contribution < -0.4 is 5.32 Å². The number of aliphatic hydroxyl groups excluding tert-OH is 1. The molecule has 0 saturated carbocycles. The second-order valence-electron chi connectivity index (χ2n) is 3.97. The molecule has 1 atom stereocenters. The van der Waals surface area contributed by atoms with E-state index >= 15 is 0 Å². The van der Waals surface area contributed by atoms with Gasteiger partial charge >= 0.3 is 0 Å². The van der Waals surface area contributed by atoms with E-state index in [1.807, 2.05) is 31.2 Å². The number of aliphatic hydroxyl groups is 1. The van der Waals surface area contributed by atoms with Crippen molar-refractivity contribution in [2.75, 3.05) is 17.7 Å². The quantitative estimate of drug-likeness (QED) is 0.807. The molecule has 0 aliphatic carbocycles. The fourth-order valence-corrected chi connectivity index (χ4v) is 1.60. The Bertz CT molecular complexity index is 497. The highest BCUT2D eigenvalue weighted by atomic mass is 35.5. The van der Waals surface area contributed by atoms with Gasteiger partial charge in [-0.25, -0.2) is 9.67 Å². The summed E-state index contributed by atoms with van der Waals surface area (Å²) in [5.74, 6) is 0.964.